The number of carbonyl (C=O) groups excluding carboxylic acids is 1. The maximum atomic E-state index is 12.0. The van der Waals surface area contributed by atoms with Crippen LogP contribution in [-0.4, -0.2) is 53.4 Å². The average Bonchev–Trinajstić information content (AvgIpc) is 3.12. The van der Waals surface area contributed by atoms with Crippen molar-refractivity contribution < 1.29 is 4.79 Å². The average molecular weight is 255 g/mol. The lowest BCUT2D eigenvalue weighted by molar-refractivity contribution is -0.134. The van der Waals surface area contributed by atoms with E-state index in [4.69, 9.17) is 18.0 Å². The van der Waals surface area contributed by atoms with Crippen LogP contribution in [0.4, 0.5) is 0 Å². The van der Waals surface area contributed by atoms with E-state index in [1.54, 1.807) is 6.92 Å². The van der Waals surface area contributed by atoms with Gasteiger partial charge in [0.2, 0.25) is 5.91 Å². The number of piperazine rings is 1. The van der Waals surface area contributed by atoms with Crippen molar-refractivity contribution in [3.8, 4) is 0 Å². The summed E-state index contributed by atoms with van der Waals surface area (Å²) in [5.41, 5.74) is 5.52. The number of amides is 1. The van der Waals surface area contributed by atoms with Crippen LogP contribution in [-0.2, 0) is 4.79 Å². The highest BCUT2D eigenvalue weighted by atomic mass is 32.1. The van der Waals surface area contributed by atoms with Gasteiger partial charge in [0, 0.05) is 32.7 Å². The highest BCUT2D eigenvalue weighted by Gasteiger charge is 2.29. The molecule has 1 atom stereocenters. The molecule has 1 heterocycles. The number of carbonyl (C=O) groups is 1. The Hall–Kier alpha value is -0.680. The van der Waals surface area contributed by atoms with Crippen molar-refractivity contribution in [1.82, 2.24) is 9.80 Å². The van der Waals surface area contributed by atoms with Gasteiger partial charge in [0.1, 0.15) is 0 Å². The Morgan fingerprint density at radius 1 is 1.35 bits per heavy atom. The van der Waals surface area contributed by atoms with E-state index in [0.717, 1.165) is 32.1 Å². The molecular formula is C12H21N3OS. The van der Waals surface area contributed by atoms with E-state index in [-0.39, 0.29) is 11.8 Å². The molecule has 0 aromatic carbocycles. The number of thiocarbonyl (C=S) groups is 1. The molecular weight excluding hydrogens is 234 g/mol. The van der Waals surface area contributed by atoms with Gasteiger partial charge < -0.3 is 10.6 Å². The van der Waals surface area contributed by atoms with Crippen molar-refractivity contribution in [2.45, 2.75) is 19.8 Å². The Labute approximate surface area is 108 Å². The molecule has 0 radical (unpaired) electrons. The molecule has 2 fully saturated rings. The van der Waals surface area contributed by atoms with Gasteiger partial charge in [0.15, 0.2) is 0 Å². The Kier molecular flexibility index (Phi) is 3.99. The molecule has 0 aromatic rings. The van der Waals surface area contributed by atoms with Gasteiger partial charge in [-0.25, -0.2) is 0 Å². The smallest absolute Gasteiger partial charge is 0.232 e. The molecule has 2 aliphatic rings. The molecule has 0 spiro atoms. The molecule has 1 saturated carbocycles. The summed E-state index contributed by atoms with van der Waals surface area (Å²) < 4.78 is 0. The second-order valence-corrected chi connectivity index (χ2v) is 5.66. The second-order valence-electron chi connectivity index (χ2n) is 5.19. The molecule has 1 unspecified atom stereocenters. The summed E-state index contributed by atoms with van der Waals surface area (Å²) in [5, 5.41) is 0. The SMILES string of the molecule is CC(C(=O)N1CCN(CC2CC2)CC1)C(N)=S. The Bertz CT molecular complexity index is 309. The first-order valence-electron chi connectivity index (χ1n) is 6.38. The molecule has 17 heavy (non-hydrogen) atoms. The van der Waals surface area contributed by atoms with Crippen LogP contribution in [0.25, 0.3) is 0 Å². The van der Waals surface area contributed by atoms with Crippen molar-refractivity contribution >= 4 is 23.1 Å². The van der Waals surface area contributed by atoms with E-state index >= 15 is 0 Å². The van der Waals surface area contributed by atoms with Crippen molar-refractivity contribution in [1.29, 1.82) is 0 Å². The molecule has 1 aliphatic heterocycles. The zero-order valence-electron chi connectivity index (χ0n) is 10.4. The zero-order chi connectivity index (χ0) is 12.4. The van der Waals surface area contributed by atoms with Crippen LogP contribution in [0.3, 0.4) is 0 Å². The highest BCUT2D eigenvalue weighted by molar-refractivity contribution is 7.80. The number of nitrogens with two attached hydrogens (primary N) is 1. The van der Waals surface area contributed by atoms with Crippen LogP contribution < -0.4 is 5.73 Å². The molecule has 1 amide bonds. The van der Waals surface area contributed by atoms with Crippen molar-refractivity contribution in [3.63, 3.8) is 0 Å². The maximum Gasteiger partial charge on any atom is 0.232 e. The van der Waals surface area contributed by atoms with Crippen LogP contribution in [0.2, 0.25) is 0 Å². The number of nitrogens with zero attached hydrogens (tertiary/aromatic N) is 2. The van der Waals surface area contributed by atoms with E-state index < -0.39 is 0 Å². The lowest BCUT2D eigenvalue weighted by Crippen LogP contribution is -2.51. The summed E-state index contributed by atoms with van der Waals surface area (Å²) in [6, 6.07) is 0. The predicted octanol–water partition coefficient (Wildman–Crippen LogP) is 0.463. The van der Waals surface area contributed by atoms with E-state index in [1.165, 1.54) is 19.4 Å². The minimum Gasteiger partial charge on any atom is -0.393 e. The first-order valence-corrected chi connectivity index (χ1v) is 6.79. The number of hydrogen-bond donors (Lipinski definition) is 1. The lowest BCUT2D eigenvalue weighted by Gasteiger charge is -2.35. The normalized spacial score (nSPS) is 23.5. The maximum absolute atomic E-state index is 12.0. The van der Waals surface area contributed by atoms with Gasteiger partial charge in [-0.1, -0.05) is 12.2 Å². The van der Waals surface area contributed by atoms with E-state index in [1.807, 2.05) is 4.90 Å². The second kappa shape index (κ2) is 5.31. The van der Waals surface area contributed by atoms with Crippen LogP contribution in [0.1, 0.15) is 19.8 Å². The molecule has 4 nitrogen and oxygen atoms in total. The summed E-state index contributed by atoms with van der Waals surface area (Å²) in [6.45, 7) is 6.63. The van der Waals surface area contributed by atoms with Crippen LogP contribution >= 0.6 is 12.2 Å². The van der Waals surface area contributed by atoms with Crippen molar-refractivity contribution in [2.24, 2.45) is 17.6 Å². The molecule has 1 saturated heterocycles. The fourth-order valence-corrected chi connectivity index (χ4v) is 2.31. The van der Waals surface area contributed by atoms with E-state index in [0.29, 0.717) is 4.99 Å². The topological polar surface area (TPSA) is 49.6 Å². The summed E-state index contributed by atoms with van der Waals surface area (Å²) in [6.07, 6.45) is 2.77. The van der Waals surface area contributed by atoms with Gasteiger partial charge in [-0.15, -0.1) is 0 Å². The van der Waals surface area contributed by atoms with Gasteiger partial charge >= 0.3 is 0 Å². The summed E-state index contributed by atoms with van der Waals surface area (Å²) in [4.78, 5) is 16.7. The third-order valence-corrected chi connectivity index (χ3v) is 4.05. The Balaban J connectivity index is 1.77. The third-order valence-electron chi connectivity index (χ3n) is 3.69. The number of rotatable bonds is 4. The van der Waals surface area contributed by atoms with Crippen molar-refractivity contribution in [2.75, 3.05) is 32.7 Å². The Morgan fingerprint density at radius 2 is 1.94 bits per heavy atom. The van der Waals surface area contributed by atoms with Gasteiger partial charge in [-0.2, -0.15) is 0 Å². The zero-order valence-corrected chi connectivity index (χ0v) is 11.2. The van der Waals surface area contributed by atoms with E-state index in [9.17, 15) is 4.79 Å². The van der Waals surface area contributed by atoms with E-state index in [2.05, 4.69) is 4.90 Å². The summed E-state index contributed by atoms with van der Waals surface area (Å²) in [7, 11) is 0. The van der Waals surface area contributed by atoms with Gasteiger partial charge in [-0.3, -0.25) is 9.69 Å². The van der Waals surface area contributed by atoms with Gasteiger partial charge in [-0.05, 0) is 25.7 Å². The summed E-state index contributed by atoms with van der Waals surface area (Å²) >= 11 is 4.87. The molecule has 0 aromatic heterocycles. The largest absolute Gasteiger partial charge is 0.393 e. The molecule has 2 N–H and O–H groups in total. The number of hydrogen-bond acceptors (Lipinski definition) is 3. The van der Waals surface area contributed by atoms with Gasteiger partial charge in [0.05, 0.1) is 10.9 Å². The molecule has 5 heteroatoms. The third kappa shape index (κ3) is 3.39. The Morgan fingerprint density at radius 3 is 2.41 bits per heavy atom. The lowest BCUT2D eigenvalue weighted by atomic mass is 10.1. The highest BCUT2D eigenvalue weighted by Crippen LogP contribution is 2.29. The summed E-state index contributed by atoms with van der Waals surface area (Å²) in [5.74, 6) is 0.691. The van der Waals surface area contributed by atoms with Gasteiger partial charge in [0.25, 0.3) is 0 Å². The minimum absolute atomic E-state index is 0.0866. The molecule has 1 aliphatic carbocycles. The van der Waals surface area contributed by atoms with Crippen LogP contribution in [0.15, 0.2) is 0 Å². The minimum atomic E-state index is -0.319. The fraction of sp³-hybridized carbons (Fsp3) is 0.833. The first kappa shape index (κ1) is 12.8. The fourth-order valence-electron chi connectivity index (χ4n) is 2.21. The quantitative estimate of drug-likeness (QED) is 0.742. The van der Waals surface area contributed by atoms with Crippen LogP contribution in [0.5, 0.6) is 0 Å². The predicted molar refractivity (Wildman–Crippen MR) is 71.7 cm³/mol. The first-order chi connectivity index (χ1) is 8.08. The molecule has 0 bridgehead atoms. The standard InChI is InChI=1S/C12H21N3OS/c1-9(11(13)17)12(16)15-6-4-14(5-7-15)8-10-2-3-10/h9-10H,2-8H2,1H3,(H2,13,17). The van der Waals surface area contributed by atoms with Crippen molar-refractivity contribution in [3.05, 3.63) is 0 Å². The molecule has 2 rings (SSSR count). The molecule has 96 valence electrons. The van der Waals surface area contributed by atoms with Crippen LogP contribution in [0, 0.1) is 11.8 Å². The monoisotopic (exact) mass is 255 g/mol.